The summed E-state index contributed by atoms with van der Waals surface area (Å²) < 4.78 is 17.0. The zero-order valence-electron chi connectivity index (χ0n) is 19.1. The highest BCUT2D eigenvalue weighted by Gasteiger charge is 2.72. The van der Waals surface area contributed by atoms with Crippen molar-refractivity contribution in [1.82, 2.24) is 0 Å². The second-order valence-electron chi connectivity index (χ2n) is 10.4. The van der Waals surface area contributed by atoms with E-state index in [-0.39, 0.29) is 29.0 Å². The van der Waals surface area contributed by atoms with E-state index >= 15 is 0 Å². The molecule has 3 aliphatic rings. The van der Waals surface area contributed by atoms with Gasteiger partial charge in [0.05, 0.1) is 6.26 Å². The van der Waals surface area contributed by atoms with Crippen LogP contribution < -0.4 is 0 Å². The number of carbonyl (C=O) groups is 3. The van der Waals surface area contributed by atoms with Crippen LogP contribution in [-0.4, -0.2) is 28.9 Å². The summed E-state index contributed by atoms with van der Waals surface area (Å²) in [6.07, 6.45) is 2.75. The van der Waals surface area contributed by atoms with E-state index in [4.69, 9.17) is 13.9 Å². The molecule has 4 rings (SSSR count). The Morgan fingerprint density at radius 3 is 2.35 bits per heavy atom. The summed E-state index contributed by atoms with van der Waals surface area (Å²) in [5.41, 5.74) is -1.61. The minimum atomic E-state index is -1.93. The summed E-state index contributed by atoms with van der Waals surface area (Å²) in [6.45, 7) is 10.7. The van der Waals surface area contributed by atoms with Gasteiger partial charge in [-0.2, -0.15) is 0 Å². The summed E-state index contributed by atoms with van der Waals surface area (Å²) in [5, 5.41) is 12.2. The molecule has 6 atom stereocenters. The van der Waals surface area contributed by atoms with E-state index in [0.717, 1.165) is 24.0 Å². The lowest BCUT2D eigenvalue weighted by Crippen LogP contribution is -2.46. The Hall–Kier alpha value is -2.15. The van der Waals surface area contributed by atoms with Crippen molar-refractivity contribution in [1.29, 1.82) is 0 Å². The molecule has 0 spiro atoms. The first-order valence-corrected chi connectivity index (χ1v) is 11.1. The number of hydrogen-bond acceptors (Lipinski definition) is 7. The van der Waals surface area contributed by atoms with Gasteiger partial charge in [0.25, 0.3) is 0 Å². The molecule has 1 heterocycles. The molecule has 3 aliphatic carbocycles. The van der Waals surface area contributed by atoms with Crippen LogP contribution in [0.4, 0.5) is 0 Å². The van der Waals surface area contributed by atoms with Crippen LogP contribution in [0.25, 0.3) is 0 Å². The molecule has 7 heteroatoms. The first-order chi connectivity index (χ1) is 14.4. The number of fused-ring (bicyclic) bond motifs is 2. The third kappa shape index (κ3) is 2.85. The van der Waals surface area contributed by atoms with Crippen LogP contribution in [0.3, 0.4) is 0 Å². The molecule has 0 amide bonds. The van der Waals surface area contributed by atoms with Gasteiger partial charge in [0, 0.05) is 36.3 Å². The SMILES string of the molecule is CC(=O)O[C@H]1CC[C@@]2(C)CC[C@]3(C)[C@H](C(C)C)[C@H](OC(C)=O)C(=O)[C@@]3(O)c3occ1c32. The quantitative estimate of drug-likeness (QED) is 0.726. The monoisotopic (exact) mass is 432 g/mol. The molecule has 1 N–H and O–H groups in total. The number of Topliss-reactive ketones (excluding diaryl/α,β-unsaturated/α-hetero) is 1. The minimum absolute atomic E-state index is 0.00603. The topological polar surface area (TPSA) is 103 Å². The van der Waals surface area contributed by atoms with Gasteiger partial charge in [0.2, 0.25) is 5.78 Å². The zero-order valence-corrected chi connectivity index (χ0v) is 19.1. The Balaban J connectivity index is 1.94. The molecule has 31 heavy (non-hydrogen) atoms. The number of ether oxygens (including phenoxy) is 2. The summed E-state index contributed by atoms with van der Waals surface area (Å²) in [7, 11) is 0. The predicted molar refractivity (Wildman–Crippen MR) is 110 cm³/mol. The summed E-state index contributed by atoms with van der Waals surface area (Å²) >= 11 is 0. The molecule has 0 radical (unpaired) electrons. The minimum Gasteiger partial charge on any atom is -0.465 e. The number of aliphatic hydroxyl groups is 1. The van der Waals surface area contributed by atoms with Crippen molar-refractivity contribution in [2.24, 2.45) is 17.3 Å². The lowest BCUT2D eigenvalue weighted by molar-refractivity contribution is -0.159. The highest BCUT2D eigenvalue weighted by Crippen LogP contribution is 2.65. The van der Waals surface area contributed by atoms with Gasteiger partial charge >= 0.3 is 11.9 Å². The molecule has 1 fully saturated rings. The molecular formula is C24H32O7. The van der Waals surface area contributed by atoms with E-state index in [1.165, 1.54) is 20.1 Å². The highest BCUT2D eigenvalue weighted by molar-refractivity contribution is 5.97. The first-order valence-electron chi connectivity index (χ1n) is 11.1. The van der Waals surface area contributed by atoms with Crippen molar-refractivity contribution >= 4 is 17.7 Å². The maximum Gasteiger partial charge on any atom is 0.303 e. The number of hydrogen-bond donors (Lipinski definition) is 1. The summed E-state index contributed by atoms with van der Waals surface area (Å²) in [6, 6.07) is 0. The highest BCUT2D eigenvalue weighted by atomic mass is 16.6. The van der Waals surface area contributed by atoms with Crippen molar-refractivity contribution in [3.05, 3.63) is 23.2 Å². The van der Waals surface area contributed by atoms with Crippen molar-refractivity contribution in [3.8, 4) is 0 Å². The third-order valence-electron chi connectivity index (χ3n) is 8.08. The molecule has 7 nitrogen and oxygen atoms in total. The summed E-state index contributed by atoms with van der Waals surface area (Å²) in [4.78, 5) is 37.2. The van der Waals surface area contributed by atoms with Crippen LogP contribution in [0, 0.1) is 17.3 Å². The molecular weight excluding hydrogens is 400 g/mol. The van der Waals surface area contributed by atoms with Gasteiger partial charge in [0.15, 0.2) is 11.7 Å². The van der Waals surface area contributed by atoms with Crippen LogP contribution in [0.5, 0.6) is 0 Å². The average Bonchev–Trinajstić information content (AvgIpc) is 3.16. The lowest BCUT2D eigenvalue weighted by atomic mass is 9.64. The molecule has 0 saturated heterocycles. The van der Waals surface area contributed by atoms with E-state index < -0.39 is 35.0 Å². The smallest absolute Gasteiger partial charge is 0.303 e. The Kier molecular flexibility index (Phi) is 4.93. The zero-order chi connectivity index (χ0) is 22.9. The Labute approximate surface area is 182 Å². The van der Waals surface area contributed by atoms with Crippen LogP contribution in [0.1, 0.15) is 90.2 Å². The molecule has 0 aliphatic heterocycles. The van der Waals surface area contributed by atoms with E-state index in [2.05, 4.69) is 6.92 Å². The molecule has 1 saturated carbocycles. The number of ketones is 1. The molecule has 0 aromatic carbocycles. The van der Waals surface area contributed by atoms with Gasteiger partial charge < -0.3 is 19.0 Å². The third-order valence-corrected chi connectivity index (χ3v) is 8.08. The Morgan fingerprint density at radius 1 is 1.13 bits per heavy atom. The molecule has 1 aromatic heterocycles. The standard InChI is InChI=1S/C24H32O7/c1-12(2)17-19(31-14(4)26)20(27)24(28)21-18-15(11-29-21)16(30-13(3)25)7-8-22(18,5)9-10-23(17,24)6/h11-12,16-17,19,28H,7-10H2,1-6H3/t16-,17+,19-,22-,23+,24+/m0/s1. The van der Waals surface area contributed by atoms with Gasteiger partial charge in [-0.15, -0.1) is 0 Å². The van der Waals surface area contributed by atoms with Gasteiger partial charge in [-0.05, 0) is 37.0 Å². The van der Waals surface area contributed by atoms with E-state index in [0.29, 0.717) is 12.8 Å². The average molecular weight is 433 g/mol. The van der Waals surface area contributed by atoms with Crippen molar-refractivity contribution in [3.63, 3.8) is 0 Å². The second-order valence-corrected chi connectivity index (χ2v) is 10.4. The van der Waals surface area contributed by atoms with Crippen LogP contribution in [0.15, 0.2) is 10.7 Å². The fourth-order valence-electron chi connectivity index (χ4n) is 6.67. The maximum absolute atomic E-state index is 13.7. The number of carbonyl (C=O) groups excluding carboxylic acids is 3. The lowest BCUT2D eigenvalue weighted by Gasteiger charge is -2.41. The van der Waals surface area contributed by atoms with Crippen molar-refractivity contribution in [2.45, 2.75) is 90.4 Å². The largest absolute Gasteiger partial charge is 0.465 e. The van der Waals surface area contributed by atoms with Gasteiger partial charge in [-0.1, -0.05) is 27.7 Å². The fraction of sp³-hybridized carbons (Fsp3) is 0.708. The van der Waals surface area contributed by atoms with Gasteiger partial charge in [0.1, 0.15) is 11.9 Å². The maximum atomic E-state index is 13.7. The molecule has 0 unspecified atom stereocenters. The summed E-state index contributed by atoms with van der Waals surface area (Å²) in [5.74, 6) is -1.59. The molecule has 170 valence electrons. The van der Waals surface area contributed by atoms with Gasteiger partial charge in [-0.3, -0.25) is 14.4 Å². The number of rotatable bonds is 3. The van der Waals surface area contributed by atoms with Crippen LogP contribution in [-0.2, 0) is 34.9 Å². The second kappa shape index (κ2) is 6.92. The van der Waals surface area contributed by atoms with Crippen LogP contribution in [0.2, 0.25) is 0 Å². The molecule has 0 bridgehead atoms. The predicted octanol–water partition coefficient (Wildman–Crippen LogP) is 3.71. The number of furan rings is 1. The van der Waals surface area contributed by atoms with E-state index in [1.807, 2.05) is 20.8 Å². The Morgan fingerprint density at radius 2 is 1.77 bits per heavy atom. The first kappa shape index (κ1) is 22.1. The number of esters is 2. The van der Waals surface area contributed by atoms with Gasteiger partial charge in [-0.25, -0.2) is 0 Å². The fourth-order valence-corrected chi connectivity index (χ4v) is 6.67. The van der Waals surface area contributed by atoms with E-state index in [1.54, 1.807) is 0 Å². The van der Waals surface area contributed by atoms with E-state index in [9.17, 15) is 19.5 Å². The molecule has 1 aromatic rings. The van der Waals surface area contributed by atoms with Crippen molar-refractivity contribution < 1.29 is 33.4 Å². The normalized spacial score (nSPS) is 39.0. The Bertz CT molecular complexity index is 946. The van der Waals surface area contributed by atoms with Crippen LogP contribution >= 0.6 is 0 Å². The van der Waals surface area contributed by atoms with Crippen molar-refractivity contribution in [2.75, 3.05) is 0 Å².